The Kier molecular flexibility index (Phi) is 4.26. The third kappa shape index (κ3) is 3.04. The van der Waals surface area contributed by atoms with Crippen LogP contribution in [0.15, 0.2) is 34.3 Å². The van der Waals surface area contributed by atoms with Crippen molar-refractivity contribution < 1.29 is 26.5 Å². The second-order valence-corrected chi connectivity index (χ2v) is 6.92. The second-order valence-electron chi connectivity index (χ2n) is 5.34. The van der Waals surface area contributed by atoms with E-state index < -0.39 is 40.8 Å². The van der Waals surface area contributed by atoms with Crippen molar-refractivity contribution in [2.75, 3.05) is 6.61 Å². The van der Waals surface area contributed by atoms with Crippen molar-refractivity contribution in [1.82, 2.24) is 0 Å². The summed E-state index contributed by atoms with van der Waals surface area (Å²) < 4.78 is 54.5. The van der Waals surface area contributed by atoms with Crippen LogP contribution in [0.5, 0.6) is 0 Å². The molecule has 124 valence electrons. The zero-order valence-electron chi connectivity index (χ0n) is 12.1. The Hall–Kier alpha value is -1.71. The SMILES string of the molecule is Cc1ccc(S(=O)(=O)O[C@H]2[C@@H]3OC[C@@H](O3)[C@H](F)[C@@H]2N=[N+]=[N-])cc1. The summed E-state index contributed by atoms with van der Waals surface area (Å²) >= 11 is 0. The van der Waals surface area contributed by atoms with E-state index >= 15 is 0 Å². The first-order valence-corrected chi connectivity index (χ1v) is 8.28. The van der Waals surface area contributed by atoms with E-state index in [0.717, 1.165) is 5.56 Å². The quantitative estimate of drug-likeness (QED) is 0.358. The topological polar surface area (TPSA) is 111 Å². The van der Waals surface area contributed by atoms with Crippen molar-refractivity contribution in [3.63, 3.8) is 0 Å². The van der Waals surface area contributed by atoms with Crippen LogP contribution in [0.25, 0.3) is 10.4 Å². The van der Waals surface area contributed by atoms with Gasteiger partial charge in [0, 0.05) is 4.91 Å². The molecule has 2 heterocycles. The first-order chi connectivity index (χ1) is 10.9. The summed E-state index contributed by atoms with van der Waals surface area (Å²) in [6, 6.07) is 4.63. The van der Waals surface area contributed by atoms with Gasteiger partial charge in [-0.1, -0.05) is 22.8 Å². The standard InChI is InChI=1S/C13H14FN3O5S/c1-7-2-4-8(5-3-7)23(18,19)22-12-11(16-17-15)10(14)9-6-20-13(12)21-9/h2-5,9-13H,6H2,1H3/t9-,10+,11+,12-,13-/m1/s1. The predicted octanol–water partition coefficient (Wildman–Crippen LogP) is 1.84. The van der Waals surface area contributed by atoms with Gasteiger partial charge in [0.25, 0.3) is 10.1 Å². The van der Waals surface area contributed by atoms with Crippen molar-refractivity contribution in [3.8, 4) is 0 Å². The maximum Gasteiger partial charge on any atom is 0.297 e. The van der Waals surface area contributed by atoms with Crippen LogP contribution < -0.4 is 0 Å². The molecular weight excluding hydrogens is 329 g/mol. The van der Waals surface area contributed by atoms with Crippen LogP contribution >= 0.6 is 0 Å². The average molecular weight is 343 g/mol. The fraction of sp³-hybridized carbons (Fsp3) is 0.538. The Morgan fingerprint density at radius 1 is 1.39 bits per heavy atom. The van der Waals surface area contributed by atoms with Gasteiger partial charge in [0.15, 0.2) is 6.29 Å². The molecule has 5 atom stereocenters. The van der Waals surface area contributed by atoms with Crippen LogP contribution in [0.2, 0.25) is 0 Å². The number of ether oxygens (including phenoxy) is 2. The van der Waals surface area contributed by atoms with E-state index in [4.69, 9.17) is 19.2 Å². The van der Waals surface area contributed by atoms with E-state index in [1.165, 1.54) is 12.1 Å². The smallest absolute Gasteiger partial charge is 0.297 e. The first-order valence-electron chi connectivity index (χ1n) is 6.87. The van der Waals surface area contributed by atoms with Gasteiger partial charge >= 0.3 is 0 Å². The van der Waals surface area contributed by atoms with Gasteiger partial charge in [-0.15, -0.1) is 0 Å². The number of fused-ring (bicyclic) bond motifs is 2. The van der Waals surface area contributed by atoms with Gasteiger partial charge in [0.05, 0.1) is 11.5 Å². The molecule has 2 fully saturated rings. The lowest BCUT2D eigenvalue weighted by molar-refractivity contribution is -0.168. The molecule has 2 saturated heterocycles. The lowest BCUT2D eigenvalue weighted by Gasteiger charge is -2.34. The summed E-state index contributed by atoms with van der Waals surface area (Å²) in [4.78, 5) is 2.49. The molecule has 0 N–H and O–H groups in total. The number of halogens is 1. The highest BCUT2D eigenvalue weighted by Crippen LogP contribution is 2.35. The third-order valence-corrected chi connectivity index (χ3v) is 5.08. The highest BCUT2D eigenvalue weighted by atomic mass is 32.2. The van der Waals surface area contributed by atoms with E-state index in [1.54, 1.807) is 12.1 Å². The second kappa shape index (κ2) is 6.06. The number of nitrogens with zero attached hydrogens (tertiary/aromatic N) is 3. The van der Waals surface area contributed by atoms with Gasteiger partial charge in [0.2, 0.25) is 0 Å². The summed E-state index contributed by atoms with van der Waals surface area (Å²) in [5.74, 6) is 0. The lowest BCUT2D eigenvalue weighted by atomic mass is 10.0. The average Bonchev–Trinajstić information content (AvgIpc) is 2.96. The maximum absolute atomic E-state index is 14.3. The number of benzene rings is 1. The maximum atomic E-state index is 14.3. The largest absolute Gasteiger partial charge is 0.347 e. The van der Waals surface area contributed by atoms with Gasteiger partial charge in [-0.3, -0.25) is 4.18 Å². The Morgan fingerprint density at radius 2 is 2.09 bits per heavy atom. The molecular formula is C13H14FN3O5S. The van der Waals surface area contributed by atoms with Gasteiger partial charge < -0.3 is 9.47 Å². The Bertz CT molecular complexity index is 734. The van der Waals surface area contributed by atoms with Crippen LogP contribution in [0, 0.1) is 6.92 Å². The van der Waals surface area contributed by atoms with E-state index in [-0.39, 0.29) is 11.5 Å². The van der Waals surface area contributed by atoms with Crippen LogP contribution in [0.1, 0.15) is 5.56 Å². The van der Waals surface area contributed by atoms with Crippen molar-refractivity contribution in [3.05, 3.63) is 40.3 Å². The van der Waals surface area contributed by atoms with E-state index in [9.17, 15) is 12.8 Å². The lowest BCUT2D eigenvalue weighted by Crippen LogP contribution is -2.52. The fourth-order valence-electron chi connectivity index (χ4n) is 2.54. The number of hydrogen-bond acceptors (Lipinski definition) is 6. The summed E-state index contributed by atoms with van der Waals surface area (Å²) in [7, 11) is -4.19. The van der Waals surface area contributed by atoms with E-state index in [0.29, 0.717) is 0 Å². The van der Waals surface area contributed by atoms with Gasteiger partial charge in [-0.2, -0.15) is 8.42 Å². The molecule has 0 unspecified atom stereocenters. The van der Waals surface area contributed by atoms with Crippen LogP contribution in [-0.2, 0) is 23.8 Å². The molecule has 10 heteroatoms. The van der Waals surface area contributed by atoms with Gasteiger partial charge in [-0.25, -0.2) is 4.39 Å². The molecule has 2 aliphatic heterocycles. The van der Waals surface area contributed by atoms with Gasteiger partial charge in [-0.05, 0) is 24.6 Å². The number of hydrogen-bond donors (Lipinski definition) is 0. The highest BCUT2D eigenvalue weighted by molar-refractivity contribution is 7.86. The number of azide groups is 1. The molecule has 0 radical (unpaired) electrons. The highest BCUT2D eigenvalue weighted by Gasteiger charge is 2.53. The normalized spacial score (nSPS) is 33.2. The molecule has 23 heavy (non-hydrogen) atoms. The number of rotatable bonds is 4. The van der Waals surface area contributed by atoms with Crippen molar-refractivity contribution in [1.29, 1.82) is 0 Å². The molecule has 2 aliphatic rings. The minimum absolute atomic E-state index is 0.0479. The molecule has 2 bridgehead atoms. The molecule has 0 aliphatic carbocycles. The zero-order chi connectivity index (χ0) is 16.6. The monoisotopic (exact) mass is 343 g/mol. The summed E-state index contributed by atoms with van der Waals surface area (Å²) in [5.41, 5.74) is 9.48. The Morgan fingerprint density at radius 3 is 2.74 bits per heavy atom. The van der Waals surface area contributed by atoms with Gasteiger partial charge in [0.1, 0.15) is 24.4 Å². The molecule has 0 spiro atoms. The zero-order valence-corrected chi connectivity index (χ0v) is 12.9. The Balaban J connectivity index is 1.89. The fourth-order valence-corrected chi connectivity index (χ4v) is 3.62. The number of aryl methyl sites for hydroxylation is 1. The van der Waals surface area contributed by atoms with Crippen LogP contribution in [0.4, 0.5) is 4.39 Å². The minimum atomic E-state index is -4.19. The molecule has 0 aromatic heterocycles. The minimum Gasteiger partial charge on any atom is -0.347 e. The van der Waals surface area contributed by atoms with Crippen LogP contribution in [0.3, 0.4) is 0 Å². The Labute approximate surface area is 131 Å². The number of alkyl halides is 1. The van der Waals surface area contributed by atoms with Crippen LogP contribution in [-0.4, -0.2) is 45.7 Å². The summed E-state index contributed by atoms with van der Waals surface area (Å²) in [6.07, 6.45) is -5.08. The molecule has 1 aromatic rings. The van der Waals surface area contributed by atoms with Crippen molar-refractivity contribution in [2.45, 2.75) is 42.5 Å². The predicted molar refractivity (Wildman–Crippen MR) is 75.7 cm³/mol. The molecule has 3 rings (SSSR count). The summed E-state index contributed by atoms with van der Waals surface area (Å²) in [6.45, 7) is 1.76. The molecule has 0 amide bonds. The van der Waals surface area contributed by atoms with E-state index in [2.05, 4.69) is 10.0 Å². The molecule has 1 aromatic carbocycles. The first kappa shape index (κ1) is 16.2. The third-order valence-electron chi connectivity index (χ3n) is 3.75. The van der Waals surface area contributed by atoms with Crippen molar-refractivity contribution in [2.24, 2.45) is 5.11 Å². The summed E-state index contributed by atoms with van der Waals surface area (Å²) in [5, 5.41) is 3.33. The molecule has 8 nitrogen and oxygen atoms in total. The van der Waals surface area contributed by atoms with E-state index in [1.807, 2.05) is 6.92 Å². The van der Waals surface area contributed by atoms with Crippen molar-refractivity contribution >= 4 is 10.1 Å². The molecule has 0 saturated carbocycles.